The molecular formula is C17H22N4O2. The van der Waals surface area contributed by atoms with Crippen LogP contribution in [0.1, 0.15) is 6.92 Å². The number of aromatic nitrogens is 1. The number of carbonyl (C=O) groups excluding carboxylic acids is 1. The zero-order valence-corrected chi connectivity index (χ0v) is 13.8. The van der Waals surface area contributed by atoms with Gasteiger partial charge >= 0.3 is 0 Å². The van der Waals surface area contributed by atoms with Crippen molar-refractivity contribution in [2.75, 3.05) is 36.7 Å². The standard InChI is InChI=1S/C17H22N4O2/c1-12(19-14-7-10-16(23-4)18-11-14)17(22)20-13-5-8-15(9-6-13)21(2)3/h5-12,19H,1-4H3,(H,20,22). The Balaban J connectivity index is 1.93. The largest absolute Gasteiger partial charge is 0.481 e. The van der Waals surface area contributed by atoms with Gasteiger partial charge < -0.3 is 20.3 Å². The third-order valence-electron chi connectivity index (χ3n) is 3.37. The van der Waals surface area contributed by atoms with Crippen LogP contribution in [0, 0.1) is 0 Å². The first kappa shape index (κ1) is 16.6. The molecule has 0 spiro atoms. The molecule has 1 amide bonds. The van der Waals surface area contributed by atoms with Gasteiger partial charge in [-0.1, -0.05) is 0 Å². The summed E-state index contributed by atoms with van der Waals surface area (Å²) in [5.74, 6) is 0.423. The number of hydrogen-bond acceptors (Lipinski definition) is 5. The van der Waals surface area contributed by atoms with Crippen LogP contribution in [-0.2, 0) is 4.79 Å². The van der Waals surface area contributed by atoms with Crippen molar-refractivity contribution in [2.45, 2.75) is 13.0 Å². The summed E-state index contributed by atoms with van der Waals surface area (Å²) < 4.78 is 5.01. The average Bonchev–Trinajstić information content (AvgIpc) is 2.56. The second-order valence-corrected chi connectivity index (χ2v) is 5.39. The smallest absolute Gasteiger partial charge is 0.246 e. The van der Waals surface area contributed by atoms with Crippen LogP contribution in [0.5, 0.6) is 5.88 Å². The monoisotopic (exact) mass is 314 g/mol. The first-order valence-electron chi connectivity index (χ1n) is 7.34. The van der Waals surface area contributed by atoms with E-state index < -0.39 is 6.04 Å². The van der Waals surface area contributed by atoms with Gasteiger partial charge in [-0.15, -0.1) is 0 Å². The van der Waals surface area contributed by atoms with Crippen LogP contribution in [0.4, 0.5) is 17.1 Å². The van der Waals surface area contributed by atoms with Crippen LogP contribution in [0.15, 0.2) is 42.6 Å². The topological polar surface area (TPSA) is 66.5 Å². The van der Waals surface area contributed by atoms with Gasteiger partial charge in [0, 0.05) is 31.5 Å². The maximum atomic E-state index is 12.2. The molecule has 2 aromatic rings. The molecule has 2 rings (SSSR count). The summed E-state index contributed by atoms with van der Waals surface area (Å²) in [6, 6.07) is 10.9. The highest BCUT2D eigenvalue weighted by molar-refractivity contribution is 5.96. The van der Waals surface area contributed by atoms with Crippen molar-refractivity contribution >= 4 is 23.0 Å². The molecule has 0 aliphatic carbocycles. The van der Waals surface area contributed by atoms with Gasteiger partial charge in [-0.3, -0.25) is 4.79 Å². The number of anilines is 3. The van der Waals surface area contributed by atoms with Crippen molar-refractivity contribution in [1.29, 1.82) is 0 Å². The summed E-state index contributed by atoms with van der Waals surface area (Å²) in [4.78, 5) is 18.3. The molecule has 0 saturated heterocycles. The number of nitrogens with one attached hydrogen (secondary N) is 2. The molecular weight excluding hydrogens is 292 g/mol. The highest BCUT2D eigenvalue weighted by atomic mass is 16.5. The van der Waals surface area contributed by atoms with Crippen molar-refractivity contribution in [1.82, 2.24) is 4.98 Å². The SMILES string of the molecule is COc1ccc(NC(C)C(=O)Nc2ccc(N(C)C)cc2)cn1. The third kappa shape index (κ3) is 4.60. The number of amides is 1. The highest BCUT2D eigenvalue weighted by Crippen LogP contribution is 2.16. The minimum absolute atomic E-state index is 0.113. The number of carbonyl (C=O) groups is 1. The molecule has 0 radical (unpaired) electrons. The number of ether oxygens (including phenoxy) is 1. The fourth-order valence-corrected chi connectivity index (χ4v) is 2.00. The van der Waals surface area contributed by atoms with Gasteiger partial charge in [0.05, 0.1) is 19.0 Å². The van der Waals surface area contributed by atoms with Crippen LogP contribution >= 0.6 is 0 Å². The predicted octanol–water partition coefficient (Wildman–Crippen LogP) is 2.60. The molecule has 6 nitrogen and oxygen atoms in total. The van der Waals surface area contributed by atoms with E-state index in [1.165, 1.54) is 0 Å². The maximum Gasteiger partial charge on any atom is 0.246 e. The van der Waals surface area contributed by atoms with Gasteiger partial charge in [-0.2, -0.15) is 0 Å². The number of methoxy groups -OCH3 is 1. The van der Waals surface area contributed by atoms with Gasteiger partial charge in [0.15, 0.2) is 0 Å². The molecule has 2 N–H and O–H groups in total. The third-order valence-corrected chi connectivity index (χ3v) is 3.37. The number of hydrogen-bond donors (Lipinski definition) is 2. The van der Waals surface area contributed by atoms with E-state index >= 15 is 0 Å². The molecule has 1 aromatic heterocycles. The average molecular weight is 314 g/mol. The Hall–Kier alpha value is -2.76. The normalized spacial score (nSPS) is 11.5. The van der Waals surface area contributed by atoms with Crippen molar-refractivity contribution in [3.63, 3.8) is 0 Å². The van der Waals surface area contributed by atoms with Crippen molar-refractivity contribution in [3.05, 3.63) is 42.6 Å². The van der Waals surface area contributed by atoms with E-state index in [0.717, 1.165) is 17.1 Å². The Morgan fingerprint density at radius 1 is 1.13 bits per heavy atom. The van der Waals surface area contributed by atoms with Crippen LogP contribution in [0.25, 0.3) is 0 Å². The fourth-order valence-electron chi connectivity index (χ4n) is 2.00. The lowest BCUT2D eigenvalue weighted by molar-refractivity contribution is -0.116. The highest BCUT2D eigenvalue weighted by Gasteiger charge is 2.13. The lowest BCUT2D eigenvalue weighted by atomic mass is 10.2. The van der Waals surface area contributed by atoms with E-state index in [0.29, 0.717) is 5.88 Å². The van der Waals surface area contributed by atoms with Gasteiger partial charge in [0.25, 0.3) is 0 Å². The summed E-state index contributed by atoms with van der Waals surface area (Å²) in [5, 5.41) is 5.99. The molecule has 0 aliphatic heterocycles. The molecule has 1 heterocycles. The van der Waals surface area contributed by atoms with E-state index in [4.69, 9.17) is 4.74 Å². The Labute approximate surface area is 136 Å². The summed E-state index contributed by atoms with van der Waals surface area (Å²) in [7, 11) is 5.51. The van der Waals surface area contributed by atoms with E-state index in [1.807, 2.05) is 49.3 Å². The van der Waals surface area contributed by atoms with Crippen LogP contribution in [0.3, 0.4) is 0 Å². The van der Waals surface area contributed by atoms with Crippen LogP contribution in [-0.4, -0.2) is 38.1 Å². The van der Waals surface area contributed by atoms with E-state index in [9.17, 15) is 4.79 Å². The molecule has 1 atom stereocenters. The van der Waals surface area contributed by atoms with Gasteiger partial charge in [0.1, 0.15) is 6.04 Å². The van der Waals surface area contributed by atoms with Crippen molar-refractivity contribution in [2.24, 2.45) is 0 Å². The zero-order valence-electron chi connectivity index (χ0n) is 13.8. The number of benzene rings is 1. The zero-order chi connectivity index (χ0) is 16.8. The predicted molar refractivity (Wildman–Crippen MR) is 93.3 cm³/mol. The van der Waals surface area contributed by atoms with Crippen LogP contribution in [0.2, 0.25) is 0 Å². The summed E-state index contributed by atoms with van der Waals surface area (Å²) in [5.41, 5.74) is 2.61. The first-order chi connectivity index (χ1) is 11.0. The second kappa shape index (κ2) is 7.49. The lowest BCUT2D eigenvalue weighted by Gasteiger charge is -2.16. The maximum absolute atomic E-state index is 12.2. The molecule has 1 unspecified atom stereocenters. The Morgan fingerprint density at radius 2 is 1.78 bits per heavy atom. The van der Waals surface area contributed by atoms with E-state index in [-0.39, 0.29) is 5.91 Å². The van der Waals surface area contributed by atoms with E-state index in [1.54, 1.807) is 26.3 Å². The van der Waals surface area contributed by atoms with Crippen LogP contribution < -0.4 is 20.3 Å². The Bertz CT molecular complexity index is 639. The number of nitrogens with zero attached hydrogens (tertiary/aromatic N) is 2. The summed E-state index contributed by atoms with van der Waals surface area (Å²) in [6.45, 7) is 1.80. The fraction of sp³-hybridized carbons (Fsp3) is 0.294. The summed E-state index contributed by atoms with van der Waals surface area (Å²) in [6.07, 6.45) is 1.63. The summed E-state index contributed by atoms with van der Waals surface area (Å²) >= 11 is 0. The minimum atomic E-state index is -0.390. The quantitative estimate of drug-likeness (QED) is 0.858. The molecule has 0 fully saturated rings. The Morgan fingerprint density at radius 3 is 2.30 bits per heavy atom. The number of rotatable bonds is 6. The molecule has 0 bridgehead atoms. The van der Waals surface area contributed by atoms with E-state index in [2.05, 4.69) is 15.6 Å². The molecule has 122 valence electrons. The van der Waals surface area contributed by atoms with Gasteiger partial charge in [-0.25, -0.2) is 4.98 Å². The first-order valence-corrected chi connectivity index (χ1v) is 7.34. The Kier molecular flexibility index (Phi) is 5.41. The molecule has 0 saturated carbocycles. The molecule has 1 aromatic carbocycles. The van der Waals surface area contributed by atoms with Gasteiger partial charge in [-0.05, 0) is 37.3 Å². The lowest BCUT2D eigenvalue weighted by Crippen LogP contribution is -2.31. The van der Waals surface area contributed by atoms with Crippen molar-refractivity contribution in [3.8, 4) is 5.88 Å². The van der Waals surface area contributed by atoms with Gasteiger partial charge in [0.2, 0.25) is 11.8 Å². The molecule has 0 aliphatic rings. The van der Waals surface area contributed by atoms with Crippen molar-refractivity contribution < 1.29 is 9.53 Å². The number of pyridine rings is 1. The molecule has 6 heteroatoms. The minimum Gasteiger partial charge on any atom is -0.481 e. The molecule has 23 heavy (non-hydrogen) atoms. The second-order valence-electron chi connectivity index (χ2n) is 5.39.